The quantitative estimate of drug-likeness (QED) is 0.562. The summed E-state index contributed by atoms with van der Waals surface area (Å²) in [5, 5.41) is 9.39. The predicted molar refractivity (Wildman–Crippen MR) is 141 cm³/mol. The molecule has 1 amide bonds. The van der Waals surface area contributed by atoms with Crippen LogP contribution in [0, 0.1) is 11.3 Å². The van der Waals surface area contributed by atoms with Gasteiger partial charge in [-0.15, -0.1) is 0 Å². The number of alkyl halides is 1. The number of nitriles is 1. The first-order chi connectivity index (χ1) is 18.0. The fourth-order valence-corrected chi connectivity index (χ4v) is 6.51. The van der Waals surface area contributed by atoms with Gasteiger partial charge in [-0.05, 0) is 45.7 Å². The van der Waals surface area contributed by atoms with Gasteiger partial charge in [-0.3, -0.25) is 4.79 Å². The summed E-state index contributed by atoms with van der Waals surface area (Å²) in [5.41, 5.74) is 1.45. The van der Waals surface area contributed by atoms with Gasteiger partial charge in [-0.1, -0.05) is 6.42 Å². The molecule has 4 heterocycles. The molecule has 2 aromatic heterocycles. The zero-order valence-corrected chi connectivity index (χ0v) is 22.9. The second-order valence-electron chi connectivity index (χ2n) is 11.1. The van der Waals surface area contributed by atoms with E-state index in [1.165, 1.54) is 11.2 Å². The zero-order valence-electron chi connectivity index (χ0n) is 22.1. The summed E-state index contributed by atoms with van der Waals surface area (Å²) < 4.78 is 36.5. The number of carbonyl (C=O) groups excluding carboxylic acids is 1. The molecular formula is C26H32FN7O3S. The average molecular weight is 542 g/mol. The molecule has 1 spiro atoms. The summed E-state index contributed by atoms with van der Waals surface area (Å²) in [6, 6.07) is 5.06. The van der Waals surface area contributed by atoms with E-state index in [1.807, 2.05) is 13.8 Å². The number of rotatable bonds is 5. The number of carbonyl (C=O) groups is 1. The van der Waals surface area contributed by atoms with Crippen molar-refractivity contribution < 1.29 is 17.6 Å². The Labute approximate surface area is 222 Å². The van der Waals surface area contributed by atoms with Crippen molar-refractivity contribution in [1.82, 2.24) is 19.9 Å². The van der Waals surface area contributed by atoms with E-state index in [4.69, 9.17) is 4.98 Å². The van der Waals surface area contributed by atoms with Crippen LogP contribution in [0.1, 0.15) is 51.2 Å². The van der Waals surface area contributed by atoms with Gasteiger partial charge in [0.25, 0.3) is 0 Å². The molecule has 0 N–H and O–H groups in total. The molecule has 0 aromatic carbocycles. The van der Waals surface area contributed by atoms with E-state index in [0.29, 0.717) is 24.5 Å². The standard InChI is InChI=1S/C26H32FN7O3S/c1-17-13-33(24(35)25(3,14-27)38(4,36)37)18(2)12-32(17)22-21-23(31-16-30-22)34(15-26(21)7-5-8-26)20-10-19(11-28)6-9-29-20/h6,9-10,16-18H,5,7-8,12-15H2,1-4H3/t17-,18+,25?/m0/s1. The fraction of sp³-hybridized carbons (Fsp3) is 0.577. The molecule has 202 valence electrons. The molecule has 3 aliphatic rings. The highest BCUT2D eigenvalue weighted by Crippen LogP contribution is 2.56. The van der Waals surface area contributed by atoms with Crippen LogP contribution in [0.3, 0.4) is 0 Å². The summed E-state index contributed by atoms with van der Waals surface area (Å²) in [4.78, 5) is 32.9. The maximum Gasteiger partial charge on any atom is 0.246 e. The molecule has 0 bridgehead atoms. The minimum atomic E-state index is -3.96. The first-order valence-corrected chi connectivity index (χ1v) is 14.7. The van der Waals surface area contributed by atoms with E-state index in [2.05, 4.69) is 25.8 Å². The minimum absolute atomic E-state index is 0.130. The highest BCUT2D eigenvalue weighted by atomic mass is 32.2. The summed E-state index contributed by atoms with van der Waals surface area (Å²) in [6.45, 7) is 5.06. The number of sulfone groups is 1. The Bertz CT molecular complexity index is 1420. The molecular weight excluding hydrogens is 509 g/mol. The van der Waals surface area contributed by atoms with E-state index in [0.717, 1.165) is 49.6 Å². The summed E-state index contributed by atoms with van der Waals surface area (Å²) >= 11 is 0. The fourth-order valence-electron chi connectivity index (χ4n) is 5.88. The molecule has 10 nitrogen and oxygen atoms in total. The molecule has 2 fully saturated rings. The van der Waals surface area contributed by atoms with E-state index in [-0.39, 0.29) is 24.0 Å². The smallest absolute Gasteiger partial charge is 0.246 e. The Kier molecular flexibility index (Phi) is 6.33. The van der Waals surface area contributed by atoms with E-state index < -0.39 is 27.2 Å². The third-order valence-corrected chi connectivity index (χ3v) is 10.5. The molecule has 3 atom stereocenters. The third-order valence-electron chi connectivity index (χ3n) is 8.56. The van der Waals surface area contributed by atoms with Crippen LogP contribution in [0.25, 0.3) is 0 Å². The van der Waals surface area contributed by atoms with E-state index >= 15 is 0 Å². The van der Waals surface area contributed by atoms with Crippen LogP contribution in [-0.2, 0) is 20.0 Å². The van der Waals surface area contributed by atoms with Gasteiger partial charge in [0.05, 0.1) is 11.6 Å². The highest BCUT2D eigenvalue weighted by Gasteiger charge is 2.53. The molecule has 1 aliphatic carbocycles. The molecule has 5 rings (SSSR count). The van der Waals surface area contributed by atoms with Gasteiger partial charge < -0.3 is 14.7 Å². The third kappa shape index (κ3) is 3.90. The van der Waals surface area contributed by atoms with Gasteiger partial charge in [-0.25, -0.2) is 27.8 Å². The predicted octanol–water partition coefficient (Wildman–Crippen LogP) is 2.52. The number of amides is 1. The lowest BCUT2D eigenvalue weighted by Gasteiger charge is -2.48. The van der Waals surface area contributed by atoms with Crippen molar-refractivity contribution in [1.29, 1.82) is 5.26 Å². The van der Waals surface area contributed by atoms with Crippen LogP contribution in [0.2, 0.25) is 0 Å². The van der Waals surface area contributed by atoms with E-state index in [9.17, 15) is 22.9 Å². The highest BCUT2D eigenvalue weighted by molar-refractivity contribution is 7.92. The van der Waals surface area contributed by atoms with Gasteiger partial charge in [0, 0.05) is 55.1 Å². The number of hydrogen-bond donors (Lipinski definition) is 0. The molecule has 12 heteroatoms. The number of piperazine rings is 1. The number of nitrogens with zero attached hydrogens (tertiary/aromatic N) is 7. The monoisotopic (exact) mass is 541 g/mol. The molecule has 0 radical (unpaired) electrons. The van der Waals surface area contributed by atoms with Crippen molar-refractivity contribution in [2.45, 2.75) is 62.3 Å². The second kappa shape index (κ2) is 9.15. The lowest BCUT2D eigenvalue weighted by atomic mass is 9.66. The van der Waals surface area contributed by atoms with Crippen LogP contribution in [0.5, 0.6) is 0 Å². The SMILES string of the molecule is C[C@@H]1CN(c2ncnc3c2C2(CCC2)CN3c2cc(C#N)ccn2)[C@@H](C)CN1C(=O)C(C)(CF)S(C)(=O)=O. The topological polar surface area (TPSA) is 123 Å². The van der Waals surface area contributed by atoms with Gasteiger partial charge >= 0.3 is 0 Å². The Morgan fingerprint density at radius 2 is 1.92 bits per heavy atom. The Morgan fingerprint density at radius 1 is 1.21 bits per heavy atom. The molecule has 1 saturated heterocycles. The number of aromatic nitrogens is 3. The molecule has 2 aromatic rings. The zero-order chi connectivity index (χ0) is 27.5. The number of fused-ring (bicyclic) bond motifs is 2. The van der Waals surface area contributed by atoms with Gasteiger partial charge in [0.1, 0.15) is 30.5 Å². The lowest BCUT2D eigenvalue weighted by Crippen LogP contribution is -2.64. The Balaban J connectivity index is 1.50. The van der Waals surface area contributed by atoms with Gasteiger partial charge in [-0.2, -0.15) is 5.26 Å². The van der Waals surface area contributed by atoms with Crippen LogP contribution >= 0.6 is 0 Å². The first-order valence-electron chi connectivity index (χ1n) is 12.8. The number of hydrogen-bond acceptors (Lipinski definition) is 9. The van der Waals surface area contributed by atoms with Crippen LogP contribution in [-0.4, -0.2) is 83.6 Å². The second-order valence-corrected chi connectivity index (χ2v) is 13.5. The summed E-state index contributed by atoms with van der Waals surface area (Å²) in [6.07, 6.45) is 7.13. The van der Waals surface area contributed by atoms with Crippen molar-refractivity contribution in [3.63, 3.8) is 0 Å². The number of anilines is 3. The van der Waals surface area contributed by atoms with Gasteiger partial charge in [0.2, 0.25) is 5.91 Å². The van der Waals surface area contributed by atoms with Crippen molar-refractivity contribution in [2.24, 2.45) is 0 Å². The van der Waals surface area contributed by atoms with Crippen LogP contribution < -0.4 is 9.80 Å². The van der Waals surface area contributed by atoms with Gasteiger partial charge in [0.15, 0.2) is 14.6 Å². The minimum Gasteiger partial charge on any atom is -0.350 e. The van der Waals surface area contributed by atoms with Crippen molar-refractivity contribution in [3.05, 3.63) is 35.8 Å². The normalized spacial score (nSPS) is 23.9. The van der Waals surface area contributed by atoms with E-state index in [1.54, 1.807) is 18.3 Å². The first kappa shape index (κ1) is 26.3. The summed E-state index contributed by atoms with van der Waals surface area (Å²) in [7, 11) is -3.96. The largest absolute Gasteiger partial charge is 0.350 e. The van der Waals surface area contributed by atoms with Crippen molar-refractivity contribution in [2.75, 3.05) is 42.4 Å². The van der Waals surface area contributed by atoms with Crippen molar-refractivity contribution >= 4 is 33.2 Å². The molecule has 38 heavy (non-hydrogen) atoms. The number of pyridine rings is 1. The average Bonchev–Trinajstić information content (AvgIpc) is 3.25. The van der Waals surface area contributed by atoms with Crippen LogP contribution in [0.15, 0.2) is 24.7 Å². The Morgan fingerprint density at radius 3 is 2.53 bits per heavy atom. The Hall–Kier alpha value is -3.33. The molecule has 1 saturated carbocycles. The number of halogens is 1. The lowest BCUT2D eigenvalue weighted by molar-refractivity contribution is -0.137. The van der Waals surface area contributed by atoms with Crippen LogP contribution in [0.4, 0.5) is 21.8 Å². The maximum atomic E-state index is 13.9. The maximum absolute atomic E-state index is 13.9. The molecule has 1 unspecified atom stereocenters. The summed E-state index contributed by atoms with van der Waals surface area (Å²) in [5.74, 6) is 1.54. The van der Waals surface area contributed by atoms with Crippen molar-refractivity contribution in [3.8, 4) is 6.07 Å². The molecule has 2 aliphatic heterocycles.